The summed E-state index contributed by atoms with van der Waals surface area (Å²) in [5.41, 5.74) is 0.938. The van der Waals surface area contributed by atoms with E-state index in [-0.39, 0.29) is 10.7 Å². The van der Waals surface area contributed by atoms with Gasteiger partial charge < -0.3 is 10.6 Å². The fourth-order valence-corrected chi connectivity index (χ4v) is 1.82. The van der Waals surface area contributed by atoms with E-state index in [9.17, 15) is 13.6 Å². The average molecular weight is 297 g/mol. The van der Waals surface area contributed by atoms with Crippen LogP contribution in [-0.2, 0) is 0 Å². The molecule has 2 aromatic carbocycles. The number of halogens is 3. The van der Waals surface area contributed by atoms with Gasteiger partial charge in [-0.3, -0.25) is 0 Å². The van der Waals surface area contributed by atoms with E-state index in [0.717, 1.165) is 6.07 Å². The first-order chi connectivity index (χ1) is 9.47. The Morgan fingerprint density at radius 2 is 1.80 bits per heavy atom. The van der Waals surface area contributed by atoms with Crippen molar-refractivity contribution in [3.63, 3.8) is 0 Å². The zero-order valence-electron chi connectivity index (χ0n) is 10.5. The van der Waals surface area contributed by atoms with Gasteiger partial charge in [0.1, 0.15) is 11.6 Å². The van der Waals surface area contributed by atoms with E-state index in [1.807, 2.05) is 0 Å². The number of benzene rings is 2. The first-order valence-corrected chi connectivity index (χ1v) is 6.13. The molecular formula is C14H11ClF2N2O. The van der Waals surface area contributed by atoms with Gasteiger partial charge >= 0.3 is 6.03 Å². The lowest BCUT2D eigenvalue weighted by Crippen LogP contribution is -2.20. The van der Waals surface area contributed by atoms with Gasteiger partial charge in [-0.2, -0.15) is 0 Å². The van der Waals surface area contributed by atoms with Crippen LogP contribution in [0.25, 0.3) is 0 Å². The first kappa shape index (κ1) is 14.3. The highest BCUT2D eigenvalue weighted by atomic mass is 35.5. The van der Waals surface area contributed by atoms with E-state index in [1.54, 1.807) is 13.0 Å². The second-order valence-electron chi connectivity index (χ2n) is 4.12. The minimum absolute atomic E-state index is 0.0797. The molecule has 0 saturated heterocycles. The molecule has 2 rings (SSSR count). The minimum atomic E-state index is -0.591. The normalized spacial score (nSPS) is 10.2. The molecule has 0 radical (unpaired) electrons. The molecule has 0 aliphatic heterocycles. The summed E-state index contributed by atoms with van der Waals surface area (Å²) in [4.78, 5) is 11.8. The van der Waals surface area contributed by atoms with Crippen molar-refractivity contribution in [2.45, 2.75) is 6.92 Å². The maximum absolute atomic E-state index is 13.3. The highest BCUT2D eigenvalue weighted by Gasteiger charge is 2.09. The van der Waals surface area contributed by atoms with Crippen LogP contribution >= 0.6 is 11.6 Å². The van der Waals surface area contributed by atoms with Crippen LogP contribution in [0.4, 0.5) is 25.0 Å². The summed E-state index contributed by atoms with van der Waals surface area (Å²) in [6.07, 6.45) is 0. The van der Waals surface area contributed by atoms with Crippen molar-refractivity contribution in [2.24, 2.45) is 0 Å². The number of carbonyl (C=O) groups is 1. The van der Waals surface area contributed by atoms with Crippen LogP contribution in [-0.4, -0.2) is 6.03 Å². The third-order valence-corrected chi connectivity index (χ3v) is 3.01. The Hall–Kier alpha value is -2.14. The highest BCUT2D eigenvalue weighted by Crippen LogP contribution is 2.23. The molecular weight excluding hydrogens is 286 g/mol. The zero-order valence-corrected chi connectivity index (χ0v) is 11.3. The smallest absolute Gasteiger partial charge is 0.307 e. The Labute approximate surface area is 119 Å². The standard InChI is InChI=1S/C14H11ClF2N2O/c1-8-11(17)3-2-4-12(8)18-14(20)19-13-6-5-9(16)7-10(13)15/h2-7H,1H3,(H2,18,19,20). The molecule has 0 bridgehead atoms. The van der Waals surface area contributed by atoms with Crippen LogP contribution in [0.5, 0.6) is 0 Å². The largest absolute Gasteiger partial charge is 0.323 e. The van der Waals surface area contributed by atoms with Gasteiger partial charge in [0.2, 0.25) is 0 Å². The highest BCUT2D eigenvalue weighted by molar-refractivity contribution is 6.33. The topological polar surface area (TPSA) is 41.1 Å². The van der Waals surface area contributed by atoms with Gasteiger partial charge in [0.15, 0.2) is 0 Å². The molecule has 20 heavy (non-hydrogen) atoms. The summed E-state index contributed by atoms with van der Waals surface area (Å²) in [6, 6.07) is 7.38. The predicted octanol–water partition coefficient (Wildman–Crippen LogP) is 4.57. The van der Waals surface area contributed by atoms with Crippen LogP contribution < -0.4 is 10.6 Å². The van der Waals surface area contributed by atoms with E-state index < -0.39 is 17.7 Å². The van der Waals surface area contributed by atoms with Crippen molar-refractivity contribution in [2.75, 3.05) is 10.6 Å². The summed E-state index contributed by atoms with van der Waals surface area (Å²) in [7, 11) is 0. The number of anilines is 2. The summed E-state index contributed by atoms with van der Waals surface area (Å²) in [6.45, 7) is 1.55. The van der Waals surface area contributed by atoms with Crippen LogP contribution in [0.1, 0.15) is 5.56 Å². The maximum Gasteiger partial charge on any atom is 0.323 e. The molecule has 0 saturated carbocycles. The van der Waals surface area contributed by atoms with E-state index in [1.165, 1.54) is 24.3 Å². The molecule has 0 unspecified atom stereocenters. The van der Waals surface area contributed by atoms with Crippen molar-refractivity contribution in [3.05, 3.63) is 58.6 Å². The lowest BCUT2D eigenvalue weighted by atomic mass is 10.2. The van der Waals surface area contributed by atoms with E-state index >= 15 is 0 Å². The maximum atomic E-state index is 13.3. The first-order valence-electron chi connectivity index (χ1n) is 5.75. The van der Waals surface area contributed by atoms with Crippen molar-refractivity contribution in [1.29, 1.82) is 0 Å². The molecule has 0 spiro atoms. The lowest BCUT2D eigenvalue weighted by molar-refractivity contribution is 0.262. The minimum Gasteiger partial charge on any atom is -0.307 e. The van der Waals surface area contributed by atoms with Crippen molar-refractivity contribution < 1.29 is 13.6 Å². The molecule has 104 valence electrons. The molecule has 0 aliphatic carbocycles. The fourth-order valence-electron chi connectivity index (χ4n) is 1.61. The molecule has 3 nitrogen and oxygen atoms in total. The number of carbonyl (C=O) groups excluding carboxylic acids is 1. The quantitative estimate of drug-likeness (QED) is 0.837. The number of hydrogen-bond donors (Lipinski definition) is 2. The zero-order chi connectivity index (χ0) is 14.7. The second-order valence-corrected chi connectivity index (χ2v) is 4.52. The molecule has 2 amide bonds. The number of urea groups is 1. The van der Waals surface area contributed by atoms with Crippen molar-refractivity contribution >= 4 is 29.0 Å². The summed E-state index contributed by atoms with van der Waals surface area (Å²) in [5.74, 6) is -0.912. The van der Waals surface area contributed by atoms with Gasteiger partial charge in [0.05, 0.1) is 10.7 Å². The molecule has 0 atom stereocenters. The Kier molecular flexibility index (Phi) is 4.20. The Bertz CT molecular complexity index is 662. The molecule has 6 heteroatoms. The van der Waals surface area contributed by atoms with Crippen LogP contribution in [0.15, 0.2) is 36.4 Å². The average Bonchev–Trinajstić information content (AvgIpc) is 2.38. The molecule has 0 aliphatic rings. The van der Waals surface area contributed by atoms with Gasteiger partial charge in [-0.05, 0) is 37.3 Å². The van der Waals surface area contributed by atoms with Gasteiger partial charge in [-0.25, -0.2) is 13.6 Å². The Balaban J connectivity index is 2.11. The third-order valence-electron chi connectivity index (χ3n) is 2.70. The van der Waals surface area contributed by atoms with Crippen molar-refractivity contribution in [3.8, 4) is 0 Å². The molecule has 2 N–H and O–H groups in total. The van der Waals surface area contributed by atoms with Crippen LogP contribution in [0, 0.1) is 18.6 Å². The van der Waals surface area contributed by atoms with E-state index in [0.29, 0.717) is 11.3 Å². The van der Waals surface area contributed by atoms with E-state index in [4.69, 9.17) is 11.6 Å². The third kappa shape index (κ3) is 3.24. The molecule has 0 heterocycles. The van der Waals surface area contributed by atoms with Gasteiger partial charge in [0.25, 0.3) is 0 Å². The molecule has 0 fully saturated rings. The molecule has 2 aromatic rings. The van der Waals surface area contributed by atoms with Crippen LogP contribution in [0.2, 0.25) is 5.02 Å². The van der Waals surface area contributed by atoms with Gasteiger partial charge in [-0.1, -0.05) is 17.7 Å². The SMILES string of the molecule is Cc1c(F)cccc1NC(=O)Nc1ccc(F)cc1Cl. The Morgan fingerprint density at radius 1 is 1.10 bits per heavy atom. The van der Waals surface area contributed by atoms with Gasteiger partial charge in [0, 0.05) is 11.3 Å². The number of nitrogens with one attached hydrogen (secondary N) is 2. The van der Waals surface area contributed by atoms with Gasteiger partial charge in [-0.15, -0.1) is 0 Å². The van der Waals surface area contributed by atoms with E-state index in [2.05, 4.69) is 10.6 Å². The fraction of sp³-hybridized carbons (Fsp3) is 0.0714. The number of hydrogen-bond acceptors (Lipinski definition) is 1. The summed E-state index contributed by atoms with van der Waals surface area (Å²) < 4.78 is 26.2. The number of amides is 2. The second kappa shape index (κ2) is 5.88. The predicted molar refractivity (Wildman–Crippen MR) is 75.2 cm³/mol. The van der Waals surface area contributed by atoms with Crippen LogP contribution in [0.3, 0.4) is 0 Å². The van der Waals surface area contributed by atoms with Crippen molar-refractivity contribution in [1.82, 2.24) is 0 Å². The Morgan fingerprint density at radius 3 is 2.50 bits per heavy atom. The monoisotopic (exact) mass is 296 g/mol. The lowest BCUT2D eigenvalue weighted by Gasteiger charge is -2.11. The summed E-state index contributed by atoms with van der Waals surface area (Å²) in [5, 5.41) is 5.04. The summed E-state index contributed by atoms with van der Waals surface area (Å²) >= 11 is 5.79. The number of rotatable bonds is 2. The molecule has 0 aromatic heterocycles.